The lowest BCUT2D eigenvalue weighted by atomic mass is 10.1. The lowest BCUT2D eigenvalue weighted by molar-refractivity contribution is -0.120. The van der Waals surface area contributed by atoms with Crippen LogP contribution in [0.2, 0.25) is 0 Å². The molecule has 142 valence electrons. The Hall–Kier alpha value is -3.87. The summed E-state index contributed by atoms with van der Waals surface area (Å²) in [4.78, 5) is 36.1. The number of phenolic OH excluding ortho intramolecular Hbond substituents is 1. The van der Waals surface area contributed by atoms with Crippen molar-refractivity contribution in [2.75, 3.05) is 6.54 Å². The molecular formula is C21H19N3O4. The Balaban J connectivity index is 1.54. The molecule has 0 saturated heterocycles. The smallest absolute Gasteiger partial charge is 0.273 e. The fourth-order valence-corrected chi connectivity index (χ4v) is 2.62. The van der Waals surface area contributed by atoms with E-state index in [1.54, 1.807) is 24.3 Å². The van der Waals surface area contributed by atoms with Gasteiger partial charge in [-0.15, -0.1) is 0 Å². The molecule has 7 nitrogen and oxygen atoms in total. The number of amides is 3. The number of aromatic hydroxyl groups is 1. The molecule has 0 aliphatic carbocycles. The molecule has 0 spiro atoms. The molecule has 0 fully saturated rings. The number of benzene rings is 3. The van der Waals surface area contributed by atoms with E-state index in [9.17, 15) is 19.5 Å². The predicted molar refractivity (Wildman–Crippen MR) is 105 cm³/mol. The molecule has 0 unspecified atom stereocenters. The van der Waals surface area contributed by atoms with Crippen molar-refractivity contribution in [3.05, 3.63) is 77.4 Å². The average Bonchev–Trinajstić information content (AvgIpc) is 2.70. The first kappa shape index (κ1) is 18.9. The summed E-state index contributed by atoms with van der Waals surface area (Å²) >= 11 is 0. The van der Waals surface area contributed by atoms with Crippen LogP contribution in [0, 0.1) is 6.92 Å². The van der Waals surface area contributed by atoms with Gasteiger partial charge in [-0.3, -0.25) is 25.2 Å². The van der Waals surface area contributed by atoms with Gasteiger partial charge in [0.25, 0.3) is 17.7 Å². The van der Waals surface area contributed by atoms with Crippen LogP contribution in [0.25, 0.3) is 10.8 Å². The van der Waals surface area contributed by atoms with Gasteiger partial charge in [0.15, 0.2) is 0 Å². The molecule has 28 heavy (non-hydrogen) atoms. The number of phenols is 1. The fourth-order valence-electron chi connectivity index (χ4n) is 2.62. The zero-order chi connectivity index (χ0) is 20.1. The van der Waals surface area contributed by atoms with Crippen molar-refractivity contribution < 1.29 is 19.5 Å². The Labute approximate surface area is 161 Å². The largest absolute Gasteiger partial charge is 0.507 e. The second-order valence-corrected chi connectivity index (χ2v) is 6.27. The van der Waals surface area contributed by atoms with Crippen LogP contribution in [0.3, 0.4) is 0 Å². The average molecular weight is 377 g/mol. The van der Waals surface area contributed by atoms with E-state index in [1.165, 1.54) is 12.1 Å². The lowest BCUT2D eigenvalue weighted by Gasteiger charge is -2.10. The van der Waals surface area contributed by atoms with Gasteiger partial charge in [0, 0.05) is 5.56 Å². The monoisotopic (exact) mass is 377 g/mol. The normalized spacial score (nSPS) is 10.3. The number of carbonyl (C=O) groups excluding carboxylic acids is 3. The van der Waals surface area contributed by atoms with Crippen LogP contribution in [0.1, 0.15) is 26.3 Å². The van der Waals surface area contributed by atoms with Crippen LogP contribution in [-0.4, -0.2) is 29.4 Å². The third kappa shape index (κ3) is 4.45. The van der Waals surface area contributed by atoms with E-state index in [4.69, 9.17) is 0 Å². The molecule has 3 rings (SSSR count). The van der Waals surface area contributed by atoms with E-state index < -0.39 is 17.7 Å². The number of hydrazine groups is 1. The van der Waals surface area contributed by atoms with Crippen molar-refractivity contribution in [1.82, 2.24) is 16.2 Å². The molecule has 0 saturated carbocycles. The second-order valence-electron chi connectivity index (χ2n) is 6.27. The number of carbonyl (C=O) groups is 3. The summed E-state index contributed by atoms with van der Waals surface area (Å²) in [6.45, 7) is 1.60. The quantitative estimate of drug-likeness (QED) is 0.522. The number of aryl methyl sites for hydroxylation is 1. The summed E-state index contributed by atoms with van der Waals surface area (Å²) in [6.07, 6.45) is 0. The molecule has 7 heteroatoms. The maximum Gasteiger partial charge on any atom is 0.273 e. The van der Waals surface area contributed by atoms with E-state index in [0.29, 0.717) is 5.56 Å². The maximum absolute atomic E-state index is 12.2. The van der Waals surface area contributed by atoms with E-state index in [1.807, 2.05) is 31.2 Å². The molecule has 0 aromatic heterocycles. The SMILES string of the molecule is Cc1ccc(C(=O)NCC(=O)NNC(=O)c2cc3ccccc3cc2O)cc1. The van der Waals surface area contributed by atoms with Crippen LogP contribution in [0.15, 0.2) is 60.7 Å². The first-order valence-electron chi connectivity index (χ1n) is 8.60. The Morgan fingerprint density at radius 3 is 2.18 bits per heavy atom. The van der Waals surface area contributed by atoms with Gasteiger partial charge >= 0.3 is 0 Å². The summed E-state index contributed by atoms with van der Waals surface area (Å²) in [5, 5.41) is 14.1. The predicted octanol–water partition coefficient (Wildman–Crippen LogP) is 2.04. The van der Waals surface area contributed by atoms with Crippen LogP contribution in [0.5, 0.6) is 5.75 Å². The Morgan fingerprint density at radius 2 is 1.50 bits per heavy atom. The summed E-state index contributed by atoms with van der Waals surface area (Å²) in [7, 11) is 0. The molecule has 0 heterocycles. The van der Waals surface area contributed by atoms with Crippen molar-refractivity contribution in [3.63, 3.8) is 0 Å². The van der Waals surface area contributed by atoms with Crippen LogP contribution >= 0.6 is 0 Å². The minimum Gasteiger partial charge on any atom is -0.507 e. The highest BCUT2D eigenvalue weighted by Crippen LogP contribution is 2.24. The molecule has 0 bridgehead atoms. The number of hydrogen-bond donors (Lipinski definition) is 4. The van der Waals surface area contributed by atoms with E-state index in [2.05, 4.69) is 16.2 Å². The van der Waals surface area contributed by atoms with Gasteiger partial charge in [-0.05, 0) is 42.0 Å². The summed E-state index contributed by atoms with van der Waals surface area (Å²) in [5.74, 6) is -1.86. The van der Waals surface area contributed by atoms with Crippen molar-refractivity contribution in [1.29, 1.82) is 0 Å². The van der Waals surface area contributed by atoms with E-state index in [-0.39, 0.29) is 17.9 Å². The number of nitrogens with one attached hydrogen (secondary N) is 3. The number of fused-ring (bicyclic) bond motifs is 1. The number of hydrogen-bond acceptors (Lipinski definition) is 4. The first-order valence-corrected chi connectivity index (χ1v) is 8.60. The molecule has 0 radical (unpaired) electrons. The Kier molecular flexibility index (Phi) is 5.55. The van der Waals surface area contributed by atoms with Gasteiger partial charge in [0.1, 0.15) is 5.75 Å². The van der Waals surface area contributed by atoms with Crippen LogP contribution in [-0.2, 0) is 4.79 Å². The molecule has 0 aliphatic rings. The van der Waals surface area contributed by atoms with Gasteiger partial charge in [-0.25, -0.2) is 0 Å². The maximum atomic E-state index is 12.2. The van der Waals surface area contributed by atoms with Crippen molar-refractivity contribution in [2.24, 2.45) is 0 Å². The van der Waals surface area contributed by atoms with Gasteiger partial charge in [0.05, 0.1) is 12.1 Å². The summed E-state index contributed by atoms with van der Waals surface area (Å²) < 4.78 is 0. The van der Waals surface area contributed by atoms with E-state index in [0.717, 1.165) is 16.3 Å². The molecular weight excluding hydrogens is 358 g/mol. The third-order valence-corrected chi connectivity index (χ3v) is 4.15. The van der Waals surface area contributed by atoms with Gasteiger partial charge in [0.2, 0.25) is 0 Å². The van der Waals surface area contributed by atoms with E-state index >= 15 is 0 Å². The summed E-state index contributed by atoms with van der Waals surface area (Å²) in [6, 6.07) is 17.2. The standard InChI is InChI=1S/C21H19N3O4/c1-13-6-8-14(9-7-13)20(27)22-12-19(26)23-24-21(28)17-10-15-4-2-3-5-16(15)11-18(17)25/h2-11,25H,12H2,1H3,(H,22,27)(H,23,26)(H,24,28). The molecule has 4 N–H and O–H groups in total. The molecule has 3 amide bonds. The van der Waals surface area contributed by atoms with Crippen molar-refractivity contribution in [3.8, 4) is 5.75 Å². The minimum absolute atomic E-state index is 0.0303. The first-order chi connectivity index (χ1) is 13.4. The van der Waals surface area contributed by atoms with Gasteiger partial charge < -0.3 is 10.4 Å². The summed E-state index contributed by atoms with van der Waals surface area (Å²) in [5.41, 5.74) is 5.92. The molecule has 3 aromatic rings. The second kappa shape index (κ2) is 8.22. The Morgan fingerprint density at radius 1 is 0.857 bits per heavy atom. The molecule has 0 aliphatic heterocycles. The van der Waals surface area contributed by atoms with Crippen LogP contribution < -0.4 is 16.2 Å². The zero-order valence-electron chi connectivity index (χ0n) is 15.2. The minimum atomic E-state index is -0.665. The highest BCUT2D eigenvalue weighted by molar-refractivity contribution is 6.02. The molecule has 0 atom stereocenters. The fraction of sp³-hybridized carbons (Fsp3) is 0.0952. The van der Waals surface area contributed by atoms with Crippen molar-refractivity contribution >= 4 is 28.5 Å². The topological polar surface area (TPSA) is 108 Å². The van der Waals surface area contributed by atoms with Crippen LogP contribution in [0.4, 0.5) is 0 Å². The van der Waals surface area contributed by atoms with Crippen molar-refractivity contribution in [2.45, 2.75) is 6.92 Å². The zero-order valence-corrected chi connectivity index (χ0v) is 15.2. The Bertz CT molecular complexity index is 1050. The lowest BCUT2D eigenvalue weighted by Crippen LogP contribution is -2.46. The highest BCUT2D eigenvalue weighted by Gasteiger charge is 2.14. The number of rotatable bonds is 4. The van der Waals surface area contributed by atoms with Gasteiger partial charge in [-0.1, -0.05) is 42.0 Å². The third-order valence-electron chi connectivity index (χ3n) is 4.15. The highest BCUT2D eigenvalue weighted by atomic mass is 16.3. The molecule has 3 aromatic carbocycles. The van der Waals surface area contributed by atoms with Gasteiger partial charge in [-0.2, -0.15) is 0 Å².